The lowest BCUT2D eigenvalue weighted by Crippen LogP contribution is -2.34. The minimum Gasteiger partial charge on any atom is -0.359 e. The molecule has 3 atom stereocenters. The normalized spacial score (nSPS) is 27.1. The highest BCUT2D eigenvalue weighted by atomic mass is 16.1. The molecule has 1 rings (SSSR count). The lowest BCUT2D eigenvalue weighted by molar-refractivity contribution is -0.121. The molecule has 82 valence electrons. The topological polar surface area (TPSA) is 41.1 Å². The van der Waals surface area contributed by atoms with Crippen LogP contribution < -0.4 is 10.6 Å². The molecule has 2 N–H and O–H groups in total. The van der Waals surface area contributed by atoms with Crippen molar-refractivity contribution in [1.82, 2.24) is 10.6 Å². The summed E-state index contributed by atoms with van der Waals surface area (Å²) in [6.45, 7) is 4.31. The van der Waals surface area contributed by atoms with Crippen LogP contribution in [0, 0.1) is 5.92 Å². The van der Waals surface area contributed by atoms with Crippen LogP contribution in [-0.4, -0.2) is 25.0 Å². The Balaban J connectivity index is 2.10. The Morgan fingerprint density at radius 3 is 2.86 bits per heavy atom. The zero-order valence-corrected chi connectivity index (χ0v) is 9.47. The van der Waals surface area contributed by atoms with Crippen molar-refractivity contribution in [3.8, 4) is 0 Å². The first-order valence-corrected chi connectivity index (χ1v) is 5.64. The van der Waals surface area contributed by atoms with Gasteiger partial charge in [-0.15, -0.1) is 0 Å². The van der Waals surface area contributed by atoms with Gasteiger partial charge in [-0.25, -0.2) is 0 Å². The van der Waals surface area contributed by atoms with Gasteiger partial charge in [-0.2, -0.15) is 0 Å². The number of carbonyl (C=O) groups excluding carboxylic acids is 1. The number of amides is 1. The first-order chi connectivity index (χ1) is 6.67. The Kier molecular flexibility index (Phi) is 4.39. The van der Waals surface area contributed by atoms with Crippen LogP contribution in [0.4, 0.5) is 0 Å². The Hall–Kier alpha value is -0.570. The Morgan fingerprint density at radius 1 is 1.57 bits per heavy atom. The molecule has 0 saturated heterocycles. The number of hydrogen-bond donors (Lipinski definition) is 2. The molecular formula is C11H22N2O. The quantitative estimate of drug-likeness (QED) is 0.675. The molecular weight excluding hydrogens is 176 g/mol. The van der Waals surface area contributed by atoms with E-state index in [0.29, 0.717) is 18.5 Å². The van der Waals surface area contributed by atoms with Gasteiger partial charge in [0, 0.05) is 25.6 Å². The molecule has 0 spiro atoms. The lowest BCUT2D eigenvalue weighted by Gasteiger charge is -2.12. The molecule has 0 heterocycles. The van der Waals surface area contributed by atoms with Crippen molar-refractivity contribution in [2.45, 2.75) is 51.6 Å². The molecule has 0 aromatic carbocycles. The molecule has 1 aliphatic rings. The van der Waals surface area contributed by atoms with E-state index in [-0.39, 0.29) is 5.91 Å². The second kappa shape index (κ2) is 5.35. The average Bonchev–Trinajstić information content (AvgIpc) is 2.83. The molecule has 0 aliphatic heterocycles. The molecule has 1 saturated carbocycles. The molecule has 0 aromatic rings. The molecule has 0 aromatic heterocycles. The van der Waals surface area contributed by atoms with Crippen molar-refractivity contribution >= 4 is 5.91 Å². The zero-order valence-electron chi connectivity index (χ0n) is 9.47. The molecule has 3 unspecified atom stereocenters. The van der Waals surface area contributed by atoms with E-state index in [1.807, 2.05) is 0 Å². The van der Waals surface area contributed by atoms with Crippen LogP contribution in [0.15, 0.2) is 0 Å². The fraction of sp³-hybridized carbons (Fsp3) is 0.909. The summed E-state index contributed by atoms with van der Waals surface area (Å²) in [7, 11) is 1.69. The lowest BCUT2D eigenvalue weighted by atomic mass is 10.2. The molecule has 0 bridgehead atoms. The molecule has 1 fully saturated rings. The fourth-order valence-electron chi connectivity index (χ4n) is 1.95. The highest BCUT2D eigenvalue weighted by molar-refractivity contribution is 5.76. The van der Waals surface area contributed by atoms with Crippen molar-refractivity contribution in [3.63, 3.8) is 0 Å². The van der Waals surface area contributed by atoms with Crippen LogP contribution >= 0.6 is 0 Å². The fourth-order valence-corrected chi connectivity index (χ4v) is 1.95. The summed E-state index contributed by atoms with van der Waals surface area (Å²) in [6.07, 6.45) is 4.48. The number of rotatable bonds is 6. The van der Waals surface area contributed by atoms with Crippen molar-refractivity contribution in [2.24, 2.45) is 5.92 Å². The third-order valence-corrected chi connectivity index (χ3v) is 2.85. The Morgan fingerprint density at radius 2 is 2.29 bits per heavy atom. The first kappa shape index (κ1) is 11.5. The van der Waals surface area contributed by atoms with Gasteiger partial charge in [-0.05, 0) is 25.7 Å². The summed E-state index contributed by atoms with van der Waals surface area (Å²) in [6, 6.07) is 0.983. The average molecular weight is 198 g/mol. The van der Waals surface area contributed by atoms with Gasteiger partial charge in [0.05, 0.1) is 0 Å². The number of carbonyl (C=O) groups is 1. The third-order valence-electron chi connectivity index (χ3n) is 2.85. The largest absolute Gasteiger partial charge is 0.359 e. The third kappa shape index (κ3) is 3.66. The standard InChI is InChI=1S/C11H22N2O/c1-4-5-9-7-10(9)13-8(2)6-11(14)12-3/h8-10,13H,4-7H2,1-3H3,(H,12,14). The summed E-state index contributed by atoms with van der Waals surface area (Å²) in [4.78, 5) is 11.1. The summed E-state index contributed by atoms with van der Waals surface area (Å²) >= 11 is 0. The van der Waals surface area contributed by atoms with E-state index in [9.17, 15) is 4.79 Å². The number of nitrogens with one attached hydrogen (secondary N) is 2. The Labute approximate surface area is 86.6 Å². The second-order valence-corrected chi connectivity index (χ2v) is 4.34. The predicted molar refractivity (Wildman–Crippen MR) is 58.1 cm³/mol. The summed E-state index contributed by atoms with van der Waals surface area (Å²) in [5.74, 6) is 0.991. The van der Waals surface area contributed by atoms with Gasteiger partial charge in [0.15, 0.2) is 0 Å². The SMILES string of the molecule is CCCC1CC1NC(C)CC(=O)NC. The van der Waals surface area contributed by atoms with Gasteiger partial charge >= 0.3 is 0 Å². The van der Waals surface area contributed by atoms with Crippen LogP contribution in [-0.2, 0) is 4.79 Å². The summed E-state index contributed by atoms with van der Waals surface area (Å²) in [5, 5.41) is 6.14. The number of hydrogen-bond acceptors (Lipinski definition) is 2. The maximum atomic E-state index is 11.1. The van der Waals surface area contributed by atoms with Crippen LogP contribution in [0.1, 0.15) is 39.5 Å². The van der Waals surface area contributed by atoms with Crippen LogP contribution in [0.3, 0.4) is 0 Å². The Bertz CT molecular complexity index is 194. The van der Waals surface area contributed by atoms with E-state index in [4.69, 9.17) is 0 Å². The van der Waals surface area contributed by atoms with E-state index in [2.05, 4.69) is 24.5 Å². The first-order valence-electron chi connectivity index (χ1n) is 5.64. The minimum absolute atomic E-state index is 0.123. The van der Waals surface area contributed by atoms with Gasteiger partial charge in [-0.1, -0.05) is 13.3 Å². The van der Waals surface area contributed by atoms with Crippen LogP contribution in [0.25, 0.3) is 0 Å². The van der Waals surface area contributed by atoms with Gasteiger partial charge in [0.2, 0.25) is 5.91 Å². The van der Waals surface area contributed by atoms with E-state index in [1.165, 1.54) is 19.3 Å². The minimum atomic E-state index is 0.123. The van der Waals surface area contributed by atoms with Crippen molar-refractivity contribution < 1.29 is 4.79 Å². The molecule has 14 heavy (non-hydrogen) atoms. The van der Waals surface area contributed by atoms with Crippen molar-refractivity contribution in [1.29, 1.82) is 0 Å². The molecule has 3 nitrogen and oxygen atoms in total. The van der Waals surface area contributed by atoms with Gasteiger partial charge in [0.1, 0.15) is 0 Å². The molecule has 1 aliphatic carbocycles. The molecule has 1 amide bonds. The highest BCUT2D eigenvalue weighted by Gasteiger charge is 2.36. The van der Waals surface area contributed by atoms with E-state index in [1.54, 1.807) is 7.05 Å². The van der Waals surface area contributed by atoms with Crippen molar-refractivity contribution in [2.75, 3.05) is 7.05 Å². The summed E-state index contributed by atoms with van der Waals surface area (Å²) in [5.41, 5.74) is 0. The van der Waals surface area contributed by atoms with Gasteiger partial charge < -0.3 is 10.6 Å². The van der Waals surface area contributed by atoms with Crippen LogP contribution in [0.2, 0.25) is 0 Å². The monoisotopic (exact) mass is 198 g/mol. The van der Waals surface area contributed by atoms with Gasteiger partial charge in [0.25, 0.3) is 0 Å². The molecule has 3 heteroatoms. The molecule has 0 radical (unpaired) electrons. The van der Waals surface area contributed by atoms with E-state index in [0.717, 1.165) is 5.92 Å². The van der Waals surface area contributed by atoms with Gasteiger partial charge in [-0.3, -0.25) is 4.79 Å². The maximum Gasteiger partial charge on any atom is 0.221 e. The highest BCUT2D eigenvalue weighted by Crippen LogP contribution is 2.34. The van der Waals surface area contributed by atoms with Crippen LogP contribution in [0.5, 0.6) is 0 Å². The van der Waals surface area contributed by atoms with E-state index < -0.39 is 0 Å². The second-order valence-electron chi connectivity index (χ2n) is 4.34. The van der Waals surface area contributed by atoms with E-state index >= 15 is 0 Å². The zero-order chi connectivity index (χ0) is 10.6. The maximum absolute atomic E-state index is 11.1. The van der Waals surface area contributed by atoms with Crippen molar-refractivity contribution in [3.05, 3.63) is 0 Å². The predicted octanol–water partition coefficient (Wildman–Crippen LogP) is 1.29. The smallest absolute Gasteiger partial charge is 0.221 e. The summed E-state index contributed by atoms with van der Waals surface area (Å²) < 4.78 is 0.